The molecule has 0 saturated heterocycles. The van der Waals surface area contributed by atoms with Crippen molar-refractivity contribution in [2.75, 3.05) is 11.9 Å². The first kappa shape index (κ1) is 12.4. The van der Waals surface area contributed by atoms with Crippen molar-refractivity contribution in [3.8, 4) is 0 Å². The van der Waals surface area contributed by atoms with Gasteiger partial charge in [0, 0.05) is 6.54 Å². The SMILES string of the molecule is O=[N+]([O-])c1cnc(NCCc2cccc(F)c2)s1. The number of rotatable bonds is 5. The standard InChI is InChI=1S/C11H10FN3O2S/c12-9-3-1-2-8(6-9)4-5-13-11-14-7-10(18-11)15(16)17/h1-3,6-7H,4-5H2,(H,13,14). The van der Waals surface area contributed by atoms with E-state index < -0.39 is 4.92 Å². The Morgan fingerprint density at radius 3 is 3.00 bits per heavy atom. The summed E-state index contributed by atoms with van der Waals surface area (Å²) in [7, 11) is 0. The number of nitro groups is 1. The molecule has 0 unspecified atom stereocenters. The number of benzene rings is 1. The van der Waals surface area contributed by atoms with Crippen molar-refractivity contribution in [3.05, 3.63) is 52.0 Å². The maximum Gasteiger partial charge on any atom is 0.345 e. The van der Waals surface area contributed by atoms with E-state index in [0.717, 1.165) is 16.9 Å². The van der Waals surface area contributed by atoms with Gasteiger partial charge in [0.05, 0.1) is 4.92 Å². The van der Waals surface area contributed by atoms with Crippen LogP contribution in [0.25, 0.3) is 0 Å². The highest BCUT2D eigenvalue weighted by molar-refractivity contribution is 7.18. The van der Waals surface area contributed by atoms with Gasteiger partial charge >= 0.3 is 5.00 Å². The fourth-order valence-electron chi connectivity index (χ4n) is 1.44. The number of thiazole rings is 1. The Hall–Kier alpha value is -2.02. The average Bonchev–Trinajstić information content (AvgIpc) is 2.78. The van der Waals surface area contributed by atoms with Crippen molar-refractivity contribution in [2.45, 2.75) is 6.42 Å². The first-order valence-electron chi connectivity index (χ1n) is 5.23. The Balaban J connectivity index is 1.86. The monoisotopic (exact) mass is 267 g/mol. The Labute approximate surface area is 106 Å². The number of hydrogen-bond donors (Lipinski definition) is 1. The Morgan fingerprint density at radius 1 is 1.50 bits per heavy atom. The summed E-state index contributed by atoms with van der Waals surface area (Å²) in [6.07, 6.45) is 1.85. The van der Waals surface area contributed by atoms with Crippen LogP contribution < -0.4 is 5.32 Å². The van der Waals surface area contributed by atoms with E-state index in [0.29, 0.717) is 18.1 Å². The molecule has 1 aromatic carbocycles. The van der Waals surface area contributed by atoms with Crippen molar-refractivity contribution >= 4 is 21.5 Å². The van der Waals surface area contributed by atoms with Crippen LogP contribution in [0, 0.1) is 15.9 Å². The van der Waals surface area contributed by atoms with E-state index >= 15 is 0 Å². The molecule has 0 bridgehead atoms. The summed E-state index contributed by atoms with van der Waals surface area (Å²) < 4.78 is 12.9. The fourth-order valence-corrected chi connectivity index (χ4v) is 2.10. The average molecular weight is 267 g/mol. The molecule has 2 aromatic rings. The van der Waals surface area contributed by atoms with Gasteiger partial charge in [-0.05, 0) is 35.5 Å². The molecule has 0 aliphatic rings. The topological polar surface area (TPSA) is 68.1 Å². The van der Waals surface area contributed by atoms with Crippen LogP contribution in [0.4, 0.5) is 14.5 Å². The van der Waals surface area contributed by atoms with E-state index in [2.05, 4.69) is 10.3 Å². The molecule has 0 atom stereocenters. The number of aromatic nitrogens is 1. The lowest BCUT2D eigenvalue weighted by Gasteiger charge is -2.02. The van der Waals surface area contributed by atoms with Gasteiger partial charge < -0.3 is 5.32 Å². The minimum atomic E-state index is -0.477. The molecule has 0 amide bonds. The molecule has 2 rings (SSSR count). The van der Waals surface area contributed by atoms with Gasteiger partial charge in [0.15, 0.2) is 5.13 Å². The van der Waals surface area contributed by atoms with E-state index in [1.165, 1.54) is 18.3 Å². The summed E-state index contributed by atoms with van der Waals surface area (Å²) in [5, 5.41) is 13.9. The van der Waals surface area contributed by atoms with Crippen LogP contribution in [-0.4, -0.2) is 16.5 Å². The van der Waals surface area contributed by atoms with Gasteiger partial charge in [0.2, 0.25) is 0 Å². The zero-order valence-corrected chi connectivity index (χ0v) is 10.1. The third-order valence-corrected chi connectivity index (χ3v) is 3.16. The minimum Gasteiger partial charge on any atom is -0.361 e. The molecule has 5 nitrogen and oxygen atoms in total. The third kappa shape index (κ3) is 3.24. The van der Waals surface area contributed by atoms with Crippen LogP contribution in [0.1, 0.15) is 5.56 Å². The number of anilines is 1. The van der Waals surface area contributed by atoms with Crippen molar-refractivity contribution in [1.29, 1.82) is 0 Å². The summed E-state index contributed by atoms with van der Waals surface area (Å²) in [4.78, 5) is 13.9. The van der Waals surface area contributed by atoms with E-state index in [9.17, 15) is 14.5 Å². The van der Waals surface area contributed by atoms with Crippen LogP contribution in [0.3, 0.4) is 0 Å². The zero-order chi connectivity index (χ0) is 13.0. The fraction of sp³-hybridized carbons (Fsp3) is 0.182. The van der Waals surface area contributed by atoms with Crippen LogP contribution in [0.2, 0.25) is 0 Å². The Morgan fingerprint density at radius 2 is 2.33 bits per heavy atom. The lowest BCUT2D eigenvalue weighted by atomic mass is 10.1. The van der Waals surface area contributed by atoms with Crippen molar-refractivity contribution in [2.24, 2.45) is 0 Å². The minimum absolute atomic E-state index is 0.00301. The van der Waals surface area contributed by atoms with E-state index in [-0.39, 0.29) is 10.8 Å². The van der Waals surface area contributed by atoms with Gasteiger partial charge in [0.1, 0.15) is 12.0 Å². The summed E-state index contributed by atoms with van der Waals surface area (Å²) in [6, 6.07) is 6.33. The number of nitrogens with zero attached hydrogens (tertiary/aromatic N) is 2. The Bertz CT molecular complexity index is 559. The molecular formula is C11H10FN3O2S. The quantitative estimate of drug-likeness (QED) is 0.668. The molecule has 0 radical (unpaired) electrons. The molecule has 1 aromatic heterocycles. The van der Waals surface area contributed by atoms with Crippen molar-refractivity contribution in [3.63, 3.8) is 0 Å². The molecule has 0 fully saturated rings. The first-order chi connectivity index (χ1) is 8.65. The normalized spacial score (nSPS) is 10.3. The van der Waals surface area contributed by atoms with E-state index in [1.54, 1.807) is 6.07 Å². The van der Waals surface area contributed by atoms with Gasteiger partial charge in [-0.25, -0.2) is 9.37 Å². The number of halogens is 1. The lowest BCUT2D eigenvalue weighted by Crippen LogP contribution is -2.04. The first-order valence-corrected chi connectivity index (χ1v) is 6.05. The van der Waals surface area contributed by atoms with Crippen molar-refractivity contribution < 1.29 is 9.31 Å². The van der Waals surface area contributed by atoms with Crippen LogP contribution in [0.15, 0.2) is 30.5 Å². The highest BCUT2D eigenvalue weighted by Gasteiger charge is 2.10. The summed E-state index contributed by atoms with van der Waals surface area (Å²) in [5.74, 6) is -0.266. The summed E-state index contributed by atoms with van der Waals surface area (Å²) >= 11 is 0.984. The maximum absolute atomic E-state index is 12.9. The van der Waals surface area contributed by atoms with Crippen LogP contribution in [-0.2, 0) is 6.42 Å². The van der Waals surface area contributed by atoms with E-state index in [4.69, 9.17) is 0 Å². The summed E-state index contributed by atoms with van der Waals surface area (Å²) in [5.41, 5.74) is 0.869. The predicted molar refractivity (Wildman–Crippen MR) is 67.4 cm³/mol. The van der Waals surface area contributed by atoms with Gasteiger partial charge in [-0.3, -0.25) is 10.1 Å². The van der Waals surface area contributed by atoms with Gasteiger partial charge in [-0.2, -0.15) is 0 Å². The predicted octanol–water partition coefficient (Wildman–Crippen LogP) is 2.85. The lowest BCUT2D eigenvalue weighted by molar-refractivity contribution is -0.380. The van der Waals surface area contributed by atoms with Gasteiger partial charge in [0.25, 0.3) is 0 Å². The van der Waals surface area contributed by atoms with E-state index in [1.807, 2.05) is 6.07 Å². The van der Waals surface area contributed by atoms with Gasteiger partial charge in [-0.15, -0.1) is 0 Å². The smallest absolute Gasteiger partial charge is 0.345 e. The highest BCUT2D eigenvalue weighted by Crippen LogP contribution is 2.24. The zero-order valence-electron chi connectivity index (χ0n) is 9.30. The van der Waals surface area contributed by atoms with Gasteiger partial charge in [-0.1, -0.05) is 12.1 Å². The molecule has 1 N–H and O–H groups in total. The third-order valence-electron chi connectivity index (χ3n) is 2.25. The molecule has 18 heavy (non-hydrogen) atoms. The second kappa shape index (κ2) is 5.54. The molecule has 1 heterocycles. The largest absolute Gasteiger partial charge is 0.361 e. The molecule has 94 valence electrons. The molecule has 0 spiro atoms. The van der Waals surface area contributed by atoms with Crippen LogP contribution in [0.5, 0.6) is 0 Å². The second-order valence-electron chi connectivity index (χ2n) is 3.57. The Kier molecular flexibility index (Phi) is 3.83. The summed E-state index contributed by atoms with van der Waals surface area (Å²) in [6.45, 7) is 0.550. The van der Waals surface area contributed by atoms with Crippen molar-refractivity contribution in [1.82, 2.24) is 4.98 Å². The molecule has 0 aliphatic heterocycles. The maximum atomic E-state index is 12.9. The molecular weight excluding hydrogens is 257 g/mol. The molecule has 0 aliphatic carbocycles. The van der Waals surface area contributed by atoms with Crippen LogP contribution >= 0.6 is 11.3 Å². The number of hydrogen-bond acceptors (Lipinski definition) is 5. The number of nitrogens with one attached hydrogen (secondary N) is 1. The molecule has 7 heteroatoms. The highest BCUT2D eigenvalue weighted by atomic mass is 32.1. The molecule has 0 saturated carbocycles. The second-order valence-corrected chi connectivity index (χ2v) is 4.58.